The average molecular weight is 182 g/mol. The van der Waals surface area contributed by atoms with Gasteiger partial charge < -0.3 is 15.4 Å². The van der Waals surface area contributed by atoms with Crippen molar-refractivity contribution in [1.29, 1.82) is 0 Å². The van der Waals surface area contributed by atoms with E-state index >= 15 is 0 Å². The molecule has 0 aliphatic carbocycles. The van der Waals surface area contributed by atoms with Gasteiger partial charge in [0.1, 0.15) is 0 Å². The summed E-state index contributed by atoms with van der Waals surface area (Å²) in [5.41, 5.74) is 0.878. The van der Waals surface area contributed by atoms with E-state index in [0.717, 1.165) is 18.5 Å². The summed E-state index contributed by atoms with van der Waals surface area (Å²) in [6.45, 7) is 1.63. The van der Waals surface area contributed by atoms with E-state index in [9.17, 15) is 4.79 Å². The molecule has 1 aromatic rings. The number of rotatable bonds is 5. The van der Waals surface area contributed by atoms with E-state index < -0.39 is 0 Å². The third-order valence-corrected chi connectivity index (χ3v) is 1.68. The molecule has 0 aromatic carbocycles. The summed E-state index contributed by atoms with van der Waals surface area (Å²) in [5, 5.41) is 11.6. The van der Waals surface area contributed by atoms with Crippen molar-refractivity contribution in [3.63, 3.8) is 0 Å². The molecule has 13 heavy (non-hydrogen) atoms. The Bertz CT molecular complexity index is 296. The first kappa shape index (κ1) is 9.95. The lowest BCUT2D eigenvalue weighted by atomic mass is 10.2. The Morgan fingerprint density at radius 3 is 3.08 bits per heavy atom. The van der Waals surface area contributed by atoms with Crippen molar-refractivity contribution in [2.75, 3.05) is 13.2 Å². The Kier molecular flexibility index (Phi) is 4.21. The van der Waals surface area contributed by atoms with Gasteiger partial charge in [-0.1, -0.05) is 0 Å². The van der Waals surface area contributed by atoms with Crippen molar-refractivity contribution >= 4 is 0 Å². The molecule has 1 aromatic heterocycles. The van der Waals surface area contributed by atoms with Gasteiger partial charge in [0.2, 0.25) is 5.56 Å². The fourth-order valence-electron chi connectivity index (χ4n) is 1.04. The number of aliphatic hydroxyl groups is 1. The second kappa shape index (κ2) is 5.50. The zero-order valence-corrected chi connectivity index (χ0v) is 7.42. The molecule has 0 saturated carbocycles. The van der Waals surface area contributed by atoms with Crippen LogP contribution in [0.25, 0.3) is 0 Å². The monoisotopic (exact) mass is 182 g/mol. The van der Waals surface area contributed by atoms with Gasteiger partial charge >= 0.3 is 0 Å². The summed E-state index contributed by atoms with van der Waals surface area (Å²) in [4.78, 5) is 13.4. The normalized spacial score (nSPS) is 10.2. The van der Waals surface area contributed by atoms with Crippen LogP contribution < -0.4 is 10.9 Å². The first-order valence-electron chi connectivity index (χ1n) is 4.32. The molecule has 0 aliphatic rings. The molecule has 0 aliphatic heterocycles. The molecular weight excluding hydrogens is 168 g/mol. The minimum absolute atomic E-state index is 0.0820. The largest absolute Gasteiger partial charge is 0.396 e. The summed E-state index contributed by atoms with van der Waals surface area (Å²) in [6, 6.07) is 3.42. The van der Waals surface area contributed by atoms with Crippen LogP contribution in [0.4, 0.5) is 0 Å². The summed E-state index contributed by atoms with van der Waals surface area (Å²) in [6.07, 6.45) is 2.37. The van der Waals surface area contributed by atoms with E-state index in [-0.39, 0.29) is 12.2 Å². The van der Waals surface area contributed by atoms with Gasteiger partial charge in [-0.3, -0.25) is 4.79 Å². The predicted octanol–water partition coefficient (Wildman–Crippen LogP) is -0.153. The average Bonchev–Trinajstić information content (AvgIpc) is 2.13. The van der Waals surface area contributed by atoms with Gasteiger partial charge in [0, 0.05) is 25.4 Å². The van der Waals surface area contributed by atoms with Crippen LogP contribution >= 0.6 is 0 Å². The van der Waals surface area contributed by atoms with Crippen molar-refractivity contribution in [3.05, 3.63) is 34.2 Å². The molecule has 0 spiro atoms. The zero-order chi connectivity index (χ0) is 9.52. The molecule has 0 atom stereocenters. The first-order chi connectivity index (χ1) is 6.33. The van der Waals surface area contributed by atoms with Crippen LogP contribution in [0.5, 0.6) is 0 Å². The molecule has 72 valence electrons. The van der Waals surface area contributed by atoms with Gasteiger partial charge in [0.25, 0.3) is 0 Å². The Labute approximate surface area is 76.6 Å². The van der Waals surface area contributed by atoms with Crippen molar-refractivity contribution < 1.29 is 5.11 Å². The highest BCUT2D eigenvalue weighted by molar-refractivity contribution is 5.09. The third kappa shape index (κ3) is 3.87. The van der Waals surface area contributed by atoms with Crippen LogP contribution in [0.15, 0.2) is 23.1 Å². The second-order valence-corrected chi connectivity index (χ2v) is 2.82. The van der Waals surface area contributed by atoms with E-state index in [1.807, 2.05) is 6.07 Å². The topological polar surface area (TPSA) is 65.1 Å². The number of hydrogen-bond donors (Lipinski definition) is 3. The van der Waals surface area contributed by atoms with Gasteiger partial charge in [0.05, 0.1) is 0 Å². The molecule has 0 unspecified atom stereocenters. The maximum absolute atomic E-state index is 10.9. The molecule has 0 radical (unpaired) electrons. The van der Waals surface area contributed by atoms with Crippen molar-refractivity contribution in [1.82, 2.24) is 10.3 Å². The third-order valence-electron chi connectivity index (χ3n) is 1.68. The highest BCUT2D eigenvalue weighted by atomic mass is 16.3. The summed E-state index contributed by atoms with van der Waals surface area (Å²) >= 11 is 0. The number of pyridine rings is 1. The number of hydrogen-bond acceptors (Lipinski definition) is 3. The molecule has 0 saturated heterocycles. The van der Waals surface area contributed by atoms with Gasteiger partial charge in [0.15, 0.2) is 0 Å². The molecule has 4 heteroatoms. The van der Waals surface area contributed by atoms with Gasteiger partial charge in [-0.25, -0.2) is 0 Å². The number of nitrogens with one attached hydrogen (secondary N) is 2. The number of H-pyrrole nitrogens is 1. The Morgan fingerprint density at radius 1 is 1.54 bits per heavy atom. The van der Waals surface area contributed by atoms with E-state index in [0.29, 0.717) is 6.54 Å². The molecular formula is C9H14N2O2. The number of aromatic nitrogens is 1. The summed E-state index contributed by atoms with van der Waals surface area (Å²) in [7, 11) is 0. The molecule has 0 fully saturated rings. The summed E-state index contributed by atoms with van der Waals surface area (Å²) < 4.78 is 0. The van der Waals surface area contributed by atoms with E-state index in [1.54, 1.807) is 12.3 Å². The molecule has 4 nitrogen and oxygen atoms in total. The van der Waals surface area contributed by atoms with Crippen LogP contribution in [-0.4, -0.2) is 23.2 Å². The lowest BCUT2D eigenvalue weighted by molar-refractivity contribution is 0.286. The predicted molar refractivity (Wildman–Crippen MR) is 50.5 cm³/mol. The van der Waals surface area contributed by atoms with Crippen molar-refractivity contribution in [2.24, 2.45) is 0 Å². The van der Waals surface area contributed by atoms with Crippen LogP contribution in [-0.2, 0) is 6.54 Å². The second-order valence-electron chi connectivity index (χ2n) is 2.82. The zero-order valence-electron chi connectivity index (χ0n) is 7.42. The quantitative estimate of drug-likeness (QED) is 0.555. The SMILES string of the molecule is O=c1cc(CNCCCO)cc[nH]1. The highest BCUT2D eigenvalue weighted by Crippen LogP contribution is 1.91. The summed E-state index contributed by atoms with van der Waals surface area (Å²) in [5.74, 6) is 0. The molecule has 0 amide bonds. The number of aromatic amines is 1. The molecule has 1 heterocycles. The van der Waals surface area contributed by atoms with Crippen LogP contribution in [0.3, 0.4) is 0 Å². The van der Waals surface area contributed by atoms with E-state index in [4.69, 9.17) is 5.11 Å². The lowest BCUT2D eigenvalue weighted by Crippen LogP contribution is -2.17. The van der Waals surface area contributed by atoms with Crippen LogP contribution in [0.2, 0.25) is 0 Å². The van der Waals surface area contributed by atoms with E-state index in [1.165, 1.54) is 0 Å². The Balaban J connectivity index is 2.33. The maximum atomic E-state index is 10.9. The fourth-order valence-corrected chi connectivity index (χ4v) is 1.04. The van der Waals surface area contributed by atoms with Crippen LogP contribution in [0.1, 0.15) is 12.0 Å². The van der Waals surface area contributed by atoms with Crippen LogP contribution in [0, 0.1) is 0 Å². The van der Waals surface area contributed by atoms with E-state index in [2.05, 4.69) is 10.3 Å². The van der Waals surface area contributed by atoms with Crippen molar-refractivity contribution in [2.45, 2.75) is 13.0 Å². The van der Waals surface area contributed by atoms with Gasteiger partial charge in [-0.15, -0.1) is 0 Å². The Hall–Kier alpha value is -1.13. The maximum Gasteiger partial charge on any atom is 0.248 e. The van der Waals surface area contributed by atoms with Gasteiger partial charge in [-0.05, 0) is 24.6 Å². The molecule has 3 N–H and O–H groups in total. The number of aliphatic hydroxyl groups excluding tert-OH is 1. The molecule has 0 bridgehead atoms. The smallest absolute Gasteiger partial charge is 0.248 e. The fraction of sp³-hybridized carbons (Fsp3) is 0.444. The van der Waals surface area contributed by atoms with Crippen molar-refractivity contribution in [3.8, 4) is 0 Å². The van der Waals surface area contributed by atoms with Gasteiger partial charge in [-0.2, -0.15) is 0 Å². The minimum atomic E-state index is -0.0820. The molecule has 1 rings (SSSR count). The standard InChI is InChI=1S/C9H14N2O2/c12-5-1-3-10-7-8-2-4-11-9(13)6-8/h2,4,6,10,12H,1,3,5,7H2,(H,11,13). The highest BCUT2D eigenvalue weighted by Gasteiger charge is 1.92. The Morgan fingerprint density at radius 2 is 2.38 bits per heavy atom. The first-order valence-corrected chi connectivity index (χ1v) is 4.32. The minimum Gasteiger partial charge on any atom is -0.396 e. The lowest BCUT2D eigenvalue weighted by Gasteiger charge is -2.02.